The maximum absolute atomic E-state index is 12.8. The number of anilines is 1. The van der Waals surface area contributed by atoms with E-state index in [9.17, 15) is 14.4 Å². The Labute approximate surface area is 189 Å². The van der Waals surface area contributed by atoms with Crippen molar-refractivity contribution < 1.29 is 28.3 Å². The van der Waals surface area contributed by atoms with Gasteiger partial charge in [-0.15, -0.1) is 0 Å². The molecule has 0 saturated carbocycles. The Balaban J connectivity index is 1.55. The third kappa shape index (κ3) is 3.95. The Morgan fingerprint density at radius 3 is 2.45 bits per heavy atom. The van der Waals surface area contributed by atoms with Crippen molar-refractivity contribution in [2.24, 2.45) is 0 Å². The van der Waals surface area contributed by atoms with E-state index in [0.717, 1.165) is 16.4 Å². The summed E-state index contributed by atoms with van der Waals surface area (Å²) in [5, 5.41) is 4.54. The van der Waals surface area contributed by atoms with Gasteiger partial charge in [-0.25, -0.2) is 4.79 Å². The molecule has 0 aliphatic rings. The van der Waals surface area contributed by atoms with E-state index in [1.54, 1.807) is 26.0 Å². The first-order chi connectivity index (χ1) is 15.7. The lowest BCUT2D eigenvalue weighted by Gasteiger charge is -2.15. The summed E-state index contributed by atoms with van der Waals surface area (Å²) in [4.78, 5) is 40.1. The highest BCUT2D eigenvalue weighted by atomic mass is 16.5. The molecule has 0 unspecified atom stereocenters. The quantitative estimate of drug-likeness (QED) is 0.320. The molecule has 2 aromatic heterocycles. The number of methoxy groups -OCH3 is 1. The number of ketones is 1. The Bertz CT molecular complexity index is 1410. The van der Waals surface area contributed by atoms with Gasteiger partial charge >= 0.3 is 5.97 Å². The van der Waals surface area contributed by atoms with E-state index in [2.05, 4.69) is 10.3 Å². The molecule has 0 aliphatic heterocycles. The number of hydrogen-bond donors (Lipinski definition) is 2. The number of nitrogens with one attached hydrogen (secondary N) is 2. The molecule has 0 fully saturated rings. The molecule has 33 heavy (non-hydrogen) atoms. The van der Waals surface area contributed by atoms with Crippen LogP contribution in [0.5, 0.6) is 5.75 Å². The van der Waals surface area contributed by atoms with Crippen molar-refractivity contribution in [2.45, 2.75) is 33.8 Å². The van der Waals surface area contributed by atoms with E-state index in [-0.39, 0.29) is 11.5 Å². The zero-order chi connectivity index (χ0) is 23.9. The van der Waals surface area contributed by atoms with Gasteiger partial charge in [-0.1, -0.05) is 18.2 Å². The summed E-state index contributed by atoms with van der Waals surface area (Å²) in [6, 6.07) is 11.1. The van der Waals surface area contributed by atoms with Crippen LogP contribution in [0.1, 0.15) is 46.0 Å². The van der Waals surface area contributed by atoms with Crippen molar-refractivity contribution in [3.05, 3.63) is 58.9 Å². The first-order valence-electron chi connectivity index (χ1n) is 10.4. The van der Waals surface area contributed by atoms with E-state index in [1.807, 2.05) is 24.3 Å². The maximum Gasteiger partial charge on any atom is 0.355 e. The third-order valence-corrected chi connectivity index (χ3v) is 5.60. The number of esters is 1. The number of amides is 1. The SMILES string of the molecule is COc1cc2c(cc1NC(=O)[C@@H](C)OC(=O)c1[nH]c(C)c(C(C)=O)c1C)oc1ccccc12. The topological polar surface area (TPSA) is 111 Å². The molecule has 0 aliphatic carbocycles. The summed E-state index contributed by atoms with van der Waals surface area (Å²) in [5.41, 5.74) is 3.37. The van der Waals surface area contributed by atoms with Crippen molar-refractivity contribution in [1.82, 2.24) is 4.98 Å². The Morgan fingerprint density at radius 2 is 1.79 bits per heavy atom. The van der Waals surface area contributed by atoms with Crippen molar-refractivity contribution in [3.8, 4) is 5.75 Å². The monoisotopic (exact) mass is 448 g/mol. The molecular weight excluding hydrogens is 424 g/mol. The molecule has 8 heteroatoms. The van der Waals surface area contributed by atoms with Crippen LogP contribution in [0, 0.1) is 13.8 Å². The highest BCUT2D eigenvalue weighted by Gasteiger charge is 2.25. The number of carbonyl (C=O) groups excluding carboxylic acids is 3. The van der Waals surface area contributed by atoms with Crippen LogP contribution in [0.4, 0.5) is 5.69 Å². The zero-order valence-corrected chi connectivity index (χ0v) is 19.0. The summed E-state index contributed by atoms with van der Waals surface area (Å²) in [5.74, 6) is -0.961. The number of aryl methyl sites for hydroxylation is 1. The molecule has 0 radical (unpaired) electrons. The number of aromatic nitrogens is 1. The minimum absolute atomic E-state index is 0.152. The van der Waals surface area contributed by atoms with Gasteiger partial charge in [0.05, 0.1) is 12.8 Å². The summed E-state index contributed by atoms with van der Waals surface area (Å²) >= 11 is 0. The number of carbonyl (C=O) groups is 3. The zero-order valence-electron chi connectivity index (χ0n) is 19.0. The number of hydrogen-bond acceptors (Lipinski definition) is 6. The van der Waals surface area contributed by atoms with Gasteiger partial charge in [0.25, 0.3) is 5.91 Å². The van der Waals surface area contributed by atoms with Gasteiger partial charge in [-0.2, -0.15) is 0 Å². The van der Waals surface area contributed by atoms with Crippen molar-refractivity contribution >= 4 is 45.3 Å². The molecule has 8 nitrogen and oxygen atoms in total. The fourth-order valence-corrected chi connectivity index (χ4v) is 4.01. The number of rotatable bonds is 6. The Kier molecular flexibility index (Phi) is 5.68. The van der Waals surface area contributed by atoms with Gasteiger partial charge in [0, 0.05) is 28.1 Å². The van der Waals surface area contributed by atoms with Crippen molar-refractivity contribution in [1.29, 1.82) is 0 Å². The first kappa shape index (κ1) is 22.1. The maximum atomic E-state index is 12.8. The Hall–Kier alpha value is -4.07. The third-order valence-electron chi connectivity index (χ3n) is 5.60. The smallest absolute Gasteiger partial charge is 0.355 e. The standard InChI is InChI=1S/C25H24N2O6/c1-12-22(14(3)28)13(2)26-23(12)25(30)32-15(4)24(29)27-18-11-20-17(10-21(18)31-5)16-8-6-7-9-19(16)33-20/h6-11,15,26H,1-5H3,(H,27,29)/t15-/m1/s1. The molecule has 0 bridgehead atoms. The molecular formula is C25H24N2O6. The van der Waals surface area contributed by atoms with E-state index in [1.165, 1.54) is 21.0 Å². The predicted octanol–water partition coefficient (Wildman–Crippen LogP) is 4.93. The number of ether oxygens (including phenoxy) is 2. The van der Waals surface area contributed by atoms with E-state index in [0.29, 0.717) is 33.8 Å². The van der Waals surface area contributed by atoms with Gasteiger partial charge in [-0.05, 0) is 45.4 Å². The van der Waals surface area contributed by atoms with Crippen LogP contribution in [0.3, 0.4) is 0 Å². The van der Waals surface area contributed by atoms with E-state index < -0.39 is 18.0 Å². The van der Waals surface area contributed by atoms with Gasteiger partial charge in [0.2, 0.25) is 0 Å². The normalized spacial score (nSPS) is 12.0. The van der Waals surface area contributed by atoms with Crippen molar-refractivity contribution in [2.75, 3.05) is 12.4 Å². The average Bonchev–Trinajstić information content (AvgIpc) is 3.28. The lowest BCUT2D eigenvalue weighted by Crippen LogP contribution is -2.30. The number of benzene rings is 2. The molecule has 4 rings (SSSR count). The minimum Gasteiger partial charge on any atom is -0.495 e. The molecule has 1 atom stereocenters. The minimum atomic E-state index is -1.10. The second-order valence-electron chi connectivity index (χ2n) is 7.86. The molecule has 0 spiro atoms. The molecule has 2 N–H and O–H groups in total. The van der Waals surface area contributed by atoms with Gasteiger partial charge in [0.1, 0.15) is 22.6 Å². The van der Waals surface area contributed by atoms with Crippen molar-refractivity contribution in [3.63, 3.8) is 0 Å². The molecule has 0 saturated heterocycles. The van der Waals surface area contributed by atoms with Crippen LogP contribution in [-0.4, -0.2) is 35.9 Å². The molecule has 4 aromatic rings. The summed E-state index contributed by atoms with van der Waals surface area (Å²) in [7, 11) is 1.51. The lowest BCUT2D eigenvalue weighted by atomic mass is 10.1. The number of para-hydroxylation sites is 1. The van der Waals surface area contributed by atoms with Gasteiger partial charge in [-0.3, -0.25) is 9.59 Å². The Morgan fingerprint density at radius 1 is 1.06 bits per heavy atom. The highest BCUT2D eigenvalue weighted by Crippen LogP contribution is 2.36. The lowest BCUT2D eigenvalue weighted by molar-refractivity contribution is -0.123. The highest BCUT2D eigenvalue weighted by molar-refractivity contribution is 6.08. The summed E-state index contributed by atoms with van der Waals surface area (Å²) < 4.78 is 16.7. The van der Waals surface area contributed by atoms with Crippen LogP contribution < -0.4 is 10.1 Å². The van der Waals surface area contributed by atoms with Crippen LogP contribution >= 0.6 is 0 Å². The van der Waals surface area contributed by atoms with Crippen LogP contribution in [-0.2, 0) is 9.53 Å². The number of H-pyrrole nitrogens is 1. The number of furan rings is 1. The molecule has 1 amide bonds. The first-order valence-corrected chi connectivity index (χ1v) is 10.4. The summed E-state index contributed by atoms with van der Waals surface area (Å²) in [6.45, 7) is 6.27. The van der Waals surface area contributed by atoms with Crippen LogP contribution in [0.25, 0.3) is 21.9 Å². The largest absolute Gasteiger partial charge is 0.495 e. The molecule has 2 heterocycles. The summed E-state index contributed by atoms with van der Waals surface area (Å²) in [6.07, 6.45) is -1.10. The number of aromatic amines is 1. The van der Waals surface area contributed by atoms with Crippen LogP contribution in [0.2, 0.25) is 0 Å². The number of Topliss-reactive ketones (excluding diaryl/α,β-unsaturated/α-hetero) is 1. The second-order valence-corrected chi connectivity index (χ2v) is 7.86. The van der Waals surface area contributed by atoms with E-state index >= 15 is 0 Å². The average molecular weight is 448 g/mol. The molecule has 170 valence electrons. The molecule has 2 aromatic carbocycles. The predicted molar refractivity (Wildman–Crippen MR) is 124 cm³/mol. The van der Waals surface area contributed by atoms with E-state index in [4.69, 9.17) is 13.9 Å². The van der Waals surface area contributed by atoms with Crippen LogP contribution in [0.15, 0.2) is 40.8 Å². The van der Waals surface area contributed by atoms with Gasteiger partial charge in [0.15, 0.2) is 11.9 Å². The second kappa shape index (κ2) is 8.46. The fourth-order valence-electron chi connectivity index (χ4n) is 4.01. The van der Waals surface area contributed by atoms with Gasteiger partial charge < -0.3 is 24.2 Å². The fraction of sp³-hybridized carbons (Fsp3) is 0.240. The number of fused-ring (bicyclic) bond motifs is 3.